The Labute approximate surface area is 136 Å². The summed E-state index contributed by atoms with van der Waals surface area (Å²) in [5.41, 5.74) is 1.88. The maximum Gasteiger partial charge on any atom is 0.251 e. The number of ether oxygens (including phenoxy) is 2. The van der Waals surface area contributed by atoms with E-state index in [1.54, 1.807) is 18.2 Å². The highest BCUT2D eigenvalue weighted by atomic mass is 35.5. The third kappa shape index (κ3) is 4.15. The summed E-state index contributed by atoms with van der Waals surface area (Å²) in [4.78, 5) is 12.2. The summed E-state index contributed by atoms with van der Waals surface area (Å²) in [6.07, 6.45) is 3.98. The summed E-state index contributed by atoms with van der Waals surface area (Å²) in [5.74, 6) is 1.29. The summed E-state index contributed by atoms with van der Waals surface area (Å²) >= 11 is 0. The lowest BCUT2D eigenvalue weighted by Crippen LogP contribution is -2.29. The molecule has 0 atom stereocenters. The van der Waals surface area contributed by atoms with Crippen molar-refractivity contribution < 1.29 is 14.3 Å². The standard InChI is InChI=1S/C16H20N2O3.ClH/c19-16(18-11-12-4-6-17-7-5-12)13-2-3-14-15(10-13)21-9-1-8-20-14;/h2-4,10,17H,1,5-9,11H2,(H,18,19);1H. The molecule has 0 radical (unpaired) electrons. The maximum atomic E-state index is 12.2. The van der Waals surface area contributed by atoms with E-state index in [2.05, 4.69) is 16.7 Å². The molecule has 3 rings (SSSR count). The molecule has 0 saturated carbocycles. The molecule has 0 saturated heterocycles. The van der Waals surface area contributed by atoms with Crippen LogP contribution >= 0.6 is 12.4 Å². The van der Waals surface area contributed by atoms with Gasteiger partial charge in [-0.25, -0.2) is 0 Å². The molecule has 0 aromatic heterocycles. The zero-order valence-electron chi connectivity index (χ0n) is 12.4. The molecule has 1 aromatic carbocycles. The third-order valence-corrected chi connectivity index (χ3v) is 3.64. The third-order valence-electron chi connectivity index (χ3n) is 3.64. The van der Waals surface area contributed by atoms with Gasteiger partial charge in [-0.1, -0.05) is 11.6 Å². The molecule has 0 aliphatic carbocycles. The second kappa shape index (κ2) is 8.06. The molecule has 2 N–H and O–H groups in total. The molecule has 1 aromatic rings. The summed E-state index contributed by atoms with van der Waals surface area (Å²) in [6.45, 7) is 3.74. The highest BCUT2D eigenvalue weighted by molar-refractivity contribution is 5.95. The number of carbonyl (C=O) groups is 1. The van der Waals surface area contributed by atoms with Crippen LogP contribution in [0.5, 0.6) is 11.5 Å². The van der Waals surface area contributed by atoms with Crippen molar-refractivity contribution in [2.45, 2.75) is 12.8 Å². The van der Waals surface area contributed by atoms with E-state index in [-0.39, 0.29) is 18.3 Å². The van der Waals surface area contributed by atoms with Gasteiger partial charge in [0.25, 0.3) is 5.91 Å². The molecule has 0 unspecified atom stereocenters. The molecule has 0 fully saturated rings. The number of nitrogens with one attached hydrogen (secondary N) is 2. The first-order valence-electron chi connectivity index (χ1n) is 7.39. The molecule has 0 spiro atoms. The molecule has 22 heavy (non-hydrogen) atoms. The Morgan fingerprint density at radius 2 is 2.05 bits per heavy atom. The van der Waals surface area contributed by atoms with Crippen LogP contribution in [0.4, 0.5) is 0 Å². The van der Waals surface area contributed by atoms with Crippen molar-refractivity contribution in [3.05, 3.63) is 35.4 Å². The zero-order chi connectivity index (χ0) is 14.5. The number of benzene rings is 1. The fourth-order valence-corrected chi connectivity index (χ4v) is 2.43. The molecule has 2 heterocycles. The van der Waals surface area contributed by atoms with Gasteiger partial charge in [-0.15, -0.1) is 12.4 Å². The number of halogens is 1. The summed E-state index contributed by atoms with van der Waals surface area (Å²) < 4.78 is 11.2. The molecule has 0 bridgehead atoms. The molecule has 5 nitrogen and oxygen atoms in total. The number of hydrogen-bond donors (Lipinski definition) is 2. The summed E-state index contributed by atoms with van der Waals surface area (Å²) in [5, 5.41) is 6.21. The summed E-state index contributed by atoms with van der Waals surface area (Å²) in [6, 6.07) is 5.34. The molecule has 120 valence electrons. The highest BCUT2D eigenvalue weighted by Gasteiger charge is 2.14. The monoisotopic (exact) mass is 324 g/mol. The number of carbonyl (C=O) groups excluding carboxylic acids is 1. The van der Waals surface area contributed by atoms with Crippen LogP contribution in [0.15, 0.2) is 29.8 Å². The predicted octanol–water partition coefficient (Wildman–Crippen LogP) is 1.92. The van der Waals surface area contributed by atoms with E-state index < -0.39 is 0 Å². The number of fused-ring (bicyclic) bond motifs is 1. The highest BCUT2D eigenvalue weighted by Crippen LogP contribution is 2.30. The van der Waals surface area contributed by atoms with Crippen molar-refractivity contribution in [2.75, 3.05) is 32.8 Å². The normalized spacial score (nSPS) is 16.8. The van der Waals surface area contributed by atoms with Crippen LogP contribution in [0.1, 0.15) is 23.2 Å². The average molecular weight is 325 g/mol. The van der Waals surface area contributed by atoms with Crippen LogP contribution in [0.3, 0.4) is 0 Å². The molecule has 6 heteroatoms. The fraction of sp³-hybridized carbons (Fsp3) is 0.438. The van der Waals surface area contributed by atoms with Gasteiger partial charge in [-0.05, 0) is 31.2 Å². The quantitative estimate of drug-likeness (QED) is 0.834. The Balaban J connectivity index is 0.00000176. The van der Waals surface area contributed by atoms with Crippen molar-refractivity contribution in [1.82, 2.24) is 10.6 Å². The lowest BCUT2D eigenvalue weighted by Gasteiger charge is -2.15. The molecular weight excluding hydrogens is 304 g/mol. The molecule has 2 aliphatic rings. The second-order valence-electron chi connectivity index (χ2n) is 5.21. The average Bonchev–Trinajstić information content (AvgIpc) is 2.78. The fourth-order valence-electron chi connectivity index (χ4n) is 2.43. The minimum Gasteiger partial charge on any atom is -0.490 e. The topological polar surface area (TPSA) is 59.6 Å². The number of hydrogen-bond acceptors (Lipinski definition) is 4. The summed E-state index contributed by atoms with van der Waals surface area (Å²) in [7, 11) is 0. The molecular formula is C16H21ClN2O3. The van der Waals surface area contributed by atoms with Crippen LogP contribution in [-0.2, 0) is 0 Å². The van der Waals surface area contributed by atoms with Gasteiger partial charge >= 0.3 is 0 Å². The van der Waals surface area contributed by atoms with Gasteiger partial charge in [0.2, 0.25) is 0 Å². The van der Waals surface area contributed by atoms with Crippen molar-refractivity contribution in [3.8, 4) is 11.5 Å². The van der Waals surface area contributed by atoms with Crippen molar-refractivity contribution in [3.63, 3.8) is 0 Å². The Morgan fingerprint density at radius 1 is 1.23 bits per heavy atom. The maximum absolute atomic E-state index is 12.2. The van der Waals surface area contributed by atoms with Gasteiger partial charge in [0.15, 0.2) is 11.5 Å². The first-order chi connectivity index (χ1) is 10.3. The van der Waals surface area contributed by atoms with E-state index in [0.717, 1.165) is 25.9 Å². The molecule has 2 aliphatic heterocycles. The first kappa shape index (κ1) is 16.6. The SMILES string of the molecule is Cl.O=C(NCC1=CCNCC1)c1ccc2c(c1)OCCCO2. The van der Waals surface area contributed by atoms with E-state index in [1.807, 2.05) is 0 Å². The Kier molecular flexibility index (Phi) is 6.10. The van der Waals surface area contributed by atoms with Gasteiger partial charge in [0.05, 0.1) is 13.2 Å². The van der Waals surface area contributed by atoms with E-state index >= 15 is 0 Å². The van der Waals surface area contributed by atoms with Crippen LogP contribution in [0, 0.1) is 0 Å². The first-order valence-corrected chi connectivity index (χ1v) is 7.39. The van der Waals surface area contributed by atoms with Crippen LogP contribution in [0.25, 0.3) is 0 Å². The Bertz CT molecular complexity index is 560. The van der Waals surface area contributed by atoms with Gasteiger partial charge in [0, 0.05) is 25.1 Å². The smallest absolute Gasteiger partial charge is 0.251 e. The van der Waals surface area contributed by atoms with Crippen LogP contribution in [-0.4, -0.2) is 38.8 Å². The van der Waals surface area contributed by atoms with Crippen molar-refractivity contribution in [2.24, 2.45) is 0 Å². The van der Waals surface area contributed by atoms with Gasteiger partial charge in [-0.3, -0.25) is 4.79 Å². The second-order valence-corrected chi connectivity index (χ2v) is 5.21. The van der Waals surface area contributed by atoms with Gasteiger partial charge in [0.1, 0.15) is 0 Å². The van der Waals surface area contributed by atoms with Crippen LogP contribution in [0.2, 0.25) is 0 Å². The lowest BCUT2D eigenvalue weighted by atomic mass is 10.1. The van der Waals surface area contributed by atoms with Crippen LogP contribution < -0.4 is 20.1 Å². The zero-order valence-corrected chi connectivity index (χ0v) is 13.2. The van der Waals surface area contributed by atoms with E-state index in [1.165, 1.54) is 5.57 Å². The minimum atomic E-state index is -0.0786. The van der Waals surface area contributed by atoms with E-state index in [4.69, 9.17) is 9.47 Å². The van der Waals surface area contributed by atoms with E-state index in [0.29, 0.717) is 36.8 Å². The van der Waals surface area contributed by atoms with E-state index in [9.17, 15) is 4.79 Å². The van der Waals surface area contributed by atoms with Gasteiger partial charge in [-0.2, -0.15) is 0 Å². The largest absolute Gasteiger partial charge is 0.490 e. The lowest BCUT2D eigenvalue weighted by molar-refractivity contribution is 0.0956. The van der Waals surface area contributed by atoms with Gasteiger partial charge < -0.3 is 20.1 Å². The Morgan fingerprint density at radius 3 is 2.82 bits per heavy atom. The predicted molar refractivity (Wildman–Crippen MR) is 87.2 cm³/mol. The minimum absolute atomic E-state index is 0. The Hall–Kier alpha value is -1.72. The van der Waals surface area contributed by atoms with Crippen molar-refractivity contribution >= 4 is 18.3 Å². The number of rotatable bonds is 3. The molecule has 1 amide bonds. The number of amides is 1. The van der Waals surface area contributed by atoms with Crippen molar-refractivity contribution in [1.29, 1.82) is 0 Å².